The van der Waals surface area contributed by atoms with E-state index in [-0.39, 0.29) is 5.41 Å². The summed E-state index contributed by atoms with van der Waals surface area (Å²) in [4.78, 5) is 4.36. The van der Waals surface area contributed by atoms with E-state index in [0.29, 0.717) is 11.5 Å². The molecule has 0 bridgehead atoms. The van der Waals surface area contributed by atoms with Crippen LogP contribution in [0.1, 0.15) is 38.0 Å². The molecule has 1 heterocycles. The summed E-state index contributed by atoms with van der Waals surface area (Å²) in [6.07, 6.45) is -4.33. The Morgan fingerprint density at radius 3 is 2.00 bits per heavy atom. The van der Waals surface area contributed by atoms with Crippen LogP contribution in [0.2, 0.25) is 0 Å². The molecule has 6 heteroatoms. The molecule has 3 nitrogen and oxygen atoms in total. The number of hydrogen-bond acceptors (Lipinski definition) is 2. The Kier molecular flexibility index (Phi) is 3.36. The van der Waals surface area contributed by atoms with Crippen LogP contribution in [0.5, 0.6) is 0 Å². The van der Waals surface area contributed by atoms with E-state index in [0.717, 1.165) is 18.0 Å². The van der Waals surface area contributed by atoms with Crippen LogP contribution in [-0.2, 0) is 11.6 Å². The van der Waals surface area contributed by atoms with Gasteiger partial charge in [-0.15, -0.1) is 0 Å². The van der Waals surface area contributed by atoms with Crippen molar-refractivity contribution in [1.82, 2.24) is 14.8 Å². The van der Waals surface area contributed by atoms with Gasteiger partial charge in [0.05, 0.1) is 11.3 Å². The lowest BCUT2D eigenvalue weighted by Crippen LogP contribution is -2.19. The number of benzene rings is 1. The third-order valence-corrected chi connectivity index (χ3v) is 2.82. The number of alkyl halides is 3. The summed E-state index contributed by atoms with van der Waals surface area (Å²) >= 11 is 0. The average molecular weight is 283 g/mol. The number of rotatable bonds is 1. The van der Waals surface area contributed by atoms with Crippen LogP contribution >= 0.6 is 0 Å². The summed E-state index contributed by atoms with van der Waals surface area (Å²) in [5.41, 5.74) is -0.344. The van der Waals surface area contributed by atoms with Gasteiger partial charge >= 0.3 is 6.18 Å². The van der Waals surface area contributed by atoms with E-state index in [1.165, 1.54) is 12.1 Å². The minimum Gasteiger partial charge on any atom is -0.217 e. The Hall–Kier alpha value is -1.85. The number of hydrogen-bond donors (Lipinski definition) is 0. The van der Waals surface area contributed by atoms with E-state index < -0.39 is 11.7 Å². The molecule has 0 radical (unpaired) electrons. The van der Waals surface area contributed by atoms with Gasteiger partial charge in [-0.05, 0) is 31.2 Å². The van der Waals surface area contributed by atoms with Crippen LogP contribution in [0, 0.1) is 6.92 Å². The molecule has 1 aromatic heterocycles. The summed E-state index contributed by atoms with van der Waals surface area (Å²) in [5.74, 6) is 1.31. The summed E-state index contributed by atoms with van der Waals surface area (Å²) in [6, 6.07) is 4.93. The zero-order valence-electron chi connectivity index (χ0n) is 11.8. The standard InChI is InChI=1S/C14H16F3N3/c1-9-18-12(13(2,3)4)20(19-9)11-7-5-10(6-8-11)14(15,16)17/h5-8H,1-4H3. The second-order valence-electron chi connectivity index (χ2n) is 5.69. The Morgan fingerprint density at radius 2 is 1.55 bits per heavy atom. The normalized spacial score (nSPS) is 12.8. The van der Waals surface area contributed by atoms with Crippen LogP contribution in [0.4, 0.5) is 13.2 Å². The van der Waals surface area contributed by atoms with Crippen molar-refractivity contribution in [2.45, 2.75) is 39.3 Å². The first kappa shape index (κ1) is 14.6. The zero-order valence-corrected chi connectivity index (χ0v) is 11.8. The van der Waals surface area contributed by atoms with E-state index in [2.05, 4.69) is 10.1 Å². The average Bonchev–Trinajstić information content (AvgIpc) is 2.70. The SMILES string of the molecule is Cc1nc(C(C)(C)C)n(-c2ccc(C(F)(F)F)cc2)n1. The lowest BCUT2D eigenvalue weighted by molar-refractivity contribution is -0.137. The molecule has 0 N–H and O–H groups in total. The molecule has 0 aliphatic carbocycles. The molecular formula is C14H16F3N3. The van der Waals surface area contributed by atoms with Crippen LogP contribution in [0.25, 0.3) is 5.69 Å². The highest BCUT2D eigenvalue weighted by atomic mass is 19.4. The van der Waals surface area contributed by atoms with Crippen molar-refractivity contribution in [3.05, 3.63) is 41.5 Å². The quantitative estimate of drug-likeness (QED) is 0.795. The molecule has 0 spiro atoms. The molecule has 0 amide bonds. The van der Waals surface area contributed by atoms with Crippen molar-refractivity contribution in [1.29, 1.82) is 0 Å². The van der Waals surface area contributed by atoms with Crippen molar-refractivity contribution < 1.29 is 13.2 Å². The van der Waals surface area contributed by atoms with Gasteiger partial charge in [0.2, 0.25) is 0 Å². The van der Waals surface area contributed by atoms with Crippen molar-refractivity contribution >= 4 is 0 Å². The first-order valence-corrected chi connectivity index (χ1v) is 6.21. The van der Waals surface area contributed by atoms with E-state index in [9.17, 15) is 13.2 Å². The lowest BCUT2D eigenvalue weighted by atomic mass is 9.95. The molecular weight excluding hydrogens is 267 g/mol. The first-order chi connectivity index (χ1) is 9.09. The van der Waals surface area contributed by atoms with Gasteiger partial charge in [-0.3, -0.25) is 0 Å². The number of nitrogens with zero attached hydrogens (tertiary/aromatic N) is 3. The van der Waals surface area contributed by atoms with Crippen LogP contribution in [0.15, 0.2) is 24.3 Å². The number of halogens is 3. The third kappa shape index (κ3) is 2.84. The fourth-order valence-corrected chi connectivity index (χ4v) is 1.87. The van der Waals surface area contributed by atoms with Gasteiger partial charge in [-0.25, -0.2) is 9.67 Å². The van der Waals surface area contributed by atoms with Crippen molar-refractivity contribution in [3.8, 4) is 5.69 Å². The van der Waals surface area contributed by atoms with E-state index >= 15 is 0 Å². The molecule has 0 aliphatic heterocycles. The summed E-state index contributed by atoms with van der Waals surface area (Å²) in [7, 11) is 0. The Balaban J connectivity index is 2.48. The molecule has 0 fully saturated rings. The molecule has 20 heavy (non-hydrogen) atoms. The second kappa shape index (κ2) is 4.61. The minimum atomic E-state index is -4.33. The fourth-order valence-electron chi connectivity index (χ4n) is 1.87. The number of aryl methyl sites for hydroxylation is 1. The Labute approximate surface area is 115 Å². The van der Waals surface area contributed by atoms with Gasteiger partial charge in [0.15, 0.2) is 0 Å². The highest BCUT2D eigenvalue weighted by Crippen LogP contribution is 2.30. The Morgan fingerprint density at radius 1 is 1.00 bits per heavy atom. The van der Waals surface area contributed by atoms with Crippen molar-refractivity contribution in [2.75, 3.05) is 0 Å². The van der Waals surface area contributed by atoms with Gasteiger partial charge in [0, 0.05) is 5.41 Å². The third-order valence-electron chi connectivity index (χ3n) is 2.82. The molecule has 2 rings (SSSR count). The van der Waals surface area contributed by atoms with Crippen molar-refractivity contribution in [3.63, 3.8) is 0 Å². The highest BCUT2D eigenvalue weighted by molar-refractivity contribution is 5.36. The predicted molar refractivity (Wildman–Crippen MR) is 69.8 cm³/mol. The molecule has 0 aliphatic rings. The van der Waals surface area contributed by atoms with E-state index in [4.69, 9.17) is 0 Å². The van der Waals surface area contributed by atoms with E-state index in [1.807, 2.05) is 20.8 Å². The molecule has 1 aromatic carbocycles. The van der Waals surface area contributed by atoms with Crippen LogP contribution in [-0.4, -0.2) is 14.8 Å². The number of aromatic nitrogens is 3. The monoisotopic (exact) mass is 283 g/mol. The summed E-state index contributed by atoms with van der Waals surface area (Å²) in [6.45, 7) is 7.71. The maximum atomic E-state index is 12.6. The molecule has 0 unspecified atom stereocenters. The van der Waals surface area contributed by atoms with Gasteiger partial charge in [0.1, 0.15) is 11.6 Å². The highest BCUT2D eigenvalue weighted by Gasteiger charge is 2.30. The molecule has 0 saturated carbocycles. The fraction of sp³-hybridized carbons (Fsp3) is 0.429. The summed E-state index contributed by atoms with van der Waals surface area (Å²) in [5, 5.41) is 4.26. The van der Waals surface area contributed by atoms with Gasteiger partial charge in [0.25, 0.3) is 0 Å². The van der Waals surface area contributed by atoms with Gasteiger partial charge in [-0.1, -0.05) is 20.8 Å². The maximum Gasteiger partial charge on any atom is 0.416 e. The van der Waals surface area contributed by atoms with Gasteiger partial charge in [-0.2, -0.15) is 18.3 Å². The molecule has 108 valence electrons. The van der Waals surface area contributed by atoms with E-state index in [1.54, 1.807) is 11.6 Å². The summed E-state index contributed by atoms with van der Waals surface area (Å²) < 4.78 is 39.3. The lowest BCUT2D eigenvalue weighted by Gasteiger charge is -2.18. The predicted octanol–water partition coefficient (Wildman–Crippen LogP) is 3.89. The molecule has 0 atom stereocenters. The maximum absolute atomic E-state index is 12.6. The first-order valence-electron chi connectivity index (χ1n) is 6.21. The largest absolute Gasteiger partial charge is 0.416 e. The molecule has 0 saturated heterocycles. The smallest absolute Gasteiger partial charge is 0.217 e. The van der Waals surface area contributed by atoms with Crippen molar-refractivity contribution in [2.24, 2.45) is 0 Å². The topological polar surface area (TPSA) is 30.7 Å². The Bertz CT molecular complexity index is 604. The second-order valence-corrected chi connectivity index (χ2v) is 5.69. The van der Waals surface area contributed by atoms with Crippen LogP contribution < -0.4 is 0 Å². The zero-order chi connectivity index (χ0) is 15.1. The minimum absolute atomic E-state index is 0.246. The molecule has 2 aromatic rings. The van der Waals surface area contributed by atoms with Crippen LogP contribution in [0.3, 0.4) is 0 Å². The van der Waals surface area contributed by atoms with Gasteiger partial charge < -0.3 is 0 Å².